The van der Waals surface area contributed by atoms with Crippen LogP contribution in [-0.4, -0.2) is 38.9 Å². The molecule has 1 atom stereocenters. The molecule has 1 aliphatic heterocycles. The summed E-state index contributed by atoms with van der Waals surface area (Å²) in [6.07, 6.45) is 2.27. The van der Waals surface area contributed by atoms with Gasteiger partial charge in [0.2, 0.25) is 0 Å². The van der Waals surface area contributed by atoms with Crippen LogP contribution in [0.5, 0.6) is 0 Å². The van der Waals surface area contributed by atoms with Crippen LogP contribution in [0, 0.1) is 10.6 Å². The monoisotopic (exact) mass is 416 g/mol. The number of morpholine rings is 1. The second kappa shape index (κ2) is 7.51. The van der Waals surface area contributed by atoms with Gasteiger partial charge in [0.1, 0.15) is 5.82 Å². The molecule has 1 aromatic carbocycles. The summed E-state index contributed by atoms with van der Waals surface area (Å²) in [4.78, 5) is 3.46. The molecule has 3 aromatic rings. The predicted molar refractivity (Wildman–Crippen MR) is 109 cm³/mol. The van der Waals surface area contributed by atoms with Crippen molar-refractivity contribution < 1.29 is 9.13 Å². The Labute approximate surface area is 172 Å². The smallest absolute Gasteiger partial charge is 0.199 e. The Bertz CT molecular complexity index is 1010. The molecule has 1 saturated carbocycles. The van der Waals surface area contributed by atoms with Crippen molar-refractivity contribution in [2.24, 2.45) is 0 Å². The first kappa shape index (κ1) is 18.2. The van der Waals surface area contributed by atoms with Crippen LogP contribution in [0.2, 0.25) is 0 Å². The molecule has 28 heavy (non-hydrogen) atoms. The molecule has 1 unspecified atom stereocenters. The first-order valence-electron chi connectivity index (χ1n) is 9.51. The normalized spacial score (nSPS) is 20.5. The van der Waals surface area contributed by atoms with E-state index in [1.54, 1.807) is 23.5 Å². The molecule has 5 rings (SSSR count). The van der Waals surface area contributed by atoms with Crippen molar-refractivity contribution in [3.8, 4) is 10.7 Å². The summed E-state index contributed by atoms with van der Waals surface area (Å²) < 4.78 is 24.1. The van der Waals surface area contributed by atoms with Crippen LogP contribution in [-0.2, 0) is 11.4 Å². The molecular formula is C20H21FN4OS2. The van der Waals surface area contributed by atoms with E-state index in [-0.39, 0.29) is 11.9 Å². The van der Waals surface area contributed by atoms with Crippen molar-refractivity contribution in [2.45, 2.75) is 31.7 Å². The summed E-state index contributed by atoms with van der Waals surface area (Å²) in [5.41, 5.74) is 0.998. The average molecular weight is 417 g/mol. The highest BCUT2D eigenvalue weighted by atomic mass is 32.1. The molecule has 5 nitrogen and oxygen atoms in total. The maximum absolute atomic E-state index is 13.2. The van der Waals surface area contributed by atoms with Gasteiger partial charge in [-0.25, -0.2) is 9.07 Å². The summed E-state index contributed by atoms with van der Waals surface area (Å²) in [7, 11) is 0. The van der Waals surface area contributed by atoms with Crippen molar-refractivity contribution >= 4 is 23.6 Å². The topological polar surface area (TPSA) is 35.2 Å². The molecule has 146 valence electrons. The lowest BCUT2D eigenvalue weighted by Crippen LogP contribution is -2.39. The molecule has 0 N–H and O–H groups in total. The van der Waals surface area contributed by atoms with Crippen molar-refractivity contribution in [2.75, 3.05) is 19.7 Å². The van der Waals surface area contributed by atoms with E-state index in [1.807, 2.05) is 4.68 Å². The Morgan fingerprint density at radius 2 is 2.04 bits per heavy atom. The molecule has 0 bridgehead atoms. The second-order valence-corrected chi connectivity index (χ2v) is 8.63. The van der Waals surface area contributed by atoms with Crippen LogP contribution in [0.15, 0.2) is 41.8 Å². The fraction of sp³-hybridized carbons (Fsp3) is 0.400. The van der Waals surface area contributed by atoms with E-state index < -0.39 is 0 Å². The fourth-order valence-electron chi connectivity index (χ4n) is 3.65. The SMILES string of the molecule is Fc1ccc(C2CN(Cn3nc(-c4cccs4)n(C4CC4)c3=S)CCO2)cc1. The molecule has 2 aromatic heterocycles. The molecule has 2 fully saturated rings. The van der Waals surface area contributed by atoms with Gasteiger partial charge in [-0.15, -0.1) is 16.4 Å². The van der Waals surface area contributed by atoms with E-state index in [9.17, 15) is 4.39 Å². The van der Waals surface area contributed by atoms with E-state index in [2.05, 4.69) is 27.0 Å². The molecule has 0 radical (unpaired) electrons. The van der Waals surface area contributed by atoms with Gasteiger partial charge in [0.25, 0.3) is 0 Å². The predicted octanol–water partition coefficient (Wildman–Crippen LogP) is 4.65. The first-order chi connectivity index (χ1) is 13.7. The van der Waals surface area contributed by atoms with E-state index in [0.29, 0.717) is 19.3 Å². The maximum Gasteiger partial charge on any atom is 0.199 e. The number of thiophene rings is 1. The van der Waals surface area contributed by atoms with Gasteiger partial charge in [-0.05, 0) is 54.2 Å². The molecule has 0 spiro atoms. The molecule has 2 aliphatic rings. The van der Waals surface area contributed by atoms with Gasteiger partial charge in [0, 0.05) is 19.1 Å². The fourth-order valence-corrected chi connectivity index (χ4v) is 4.69. The van der Waals surface area contributed by atoms with E-state index in [0.717, 1.165) is 34.1 Å². The minimum Gasteiger partial charge on any atom is -0.371 e. The Morgan fingerprint density at radius 1 is 1.21 bits per heavy atom. The zero-order valence-corrected chi connectivity index (χ0v) is 17.0. The molecule has 0 amide bonds. The summed E-state index contributed by atoms with van der Waals surface area (Å²) in [6, 6.07) is 11.2. The Hall–Kier alpha value is -1.87. The highest BCUT2D eigenvalue weighted by molar-refractivity contribution is 7.71. The third kappa shape index (κ3) is 3.57. The summed E-state index contributed by atoms with van der Waals surface area (Å²) >= 11 is 7.47. The molecule has 1 saturated heterocycles. The maximum atomic E-state index is 13.2. The summed E-state index contributed by atoms with van der Waals surface area (Å²) in [5.74, 6) is 0.750. The van der Waals surface area contributed by atoms with E-state index >= 15 is 0 Å². The molecule has 3 heterocycles. The van der Waals surface area contributed by atoms with Crippen LogP contribution >= 0.6 is 23.6 Å². The van der Waals surface area contributed by atoms with Crippen LogP contribution in [0.1, 0.15) is 30.6 Å². The Morgan fingerprint density at radius 3 is 2.75 bits per heavy atom. The number of halogens is 1. The second-order valence-electron chi connectivity index (χ2n) is 7.31. The number of ether oxygens (including phenoxy) is 1. The van der Waals surface area contributed by atoms with Gasteiger partial charge in [-0.2, -0.15) is 0 Å². The van der Waals surface area contributed by atoms with Gasteiger partial charge >= 0.3 is 0 Å². The molecular weight excluding hydrogens is 395 g/mol. The van der Waals surface area contributed by atoms with Gasteiger partial charge in [-0.3, -0.25) is 9.47 Å². The standard InChI is InChI=1S/C20H21FN4OS2/c21-15-5-3-14(4-6-15)17-12-23(9-10-26-17)13-24-20(27)25(16-7-8-16)19(22-24)18-2-1-11-28-18/h1-6,11,16-17H,7-10,12-13H2. The lowest BCUT2D eigenvalue weighted by Gasteiger charge is -2.32. The minimum atomic E-state index is -0.227. The van der Waals surface area contributed by atoms with Crippen molar-refractivity contribution in [1.29, 1.82) is 0 Å². The van der Waals surface area contributed by atoms with Crippen LogP contribution in [0.4, 0.5) is 4.39 Å². The summed E-state index contributed by atoms with van der Waals surface area (Å²) in [5, 5.41) is 6.94. The van der Waals surface area contributed by atoms with Gasteiger partial charge < -0.3 is 4.74 Å². The van der Waals surface area contributed by atoms with Crippen LogP contribution in [0.25, 0.3) is 10.7 Å². The largest absolute Gasteiger partial charge is 0.371 e. The quantitative estimate of drug-likeness (QED) is 0.567. The zero-order valence-electron chi connectivity index (χ0n) is 15.3. The number of rotatable bonds is 5. The highest BCUT2D eigenvalue weighted by Crippen LogP contribution is 2.39. The number of hydrogen-bond donors (Lipinski definition) is 0. The van der Waals surface area contributed by atoms with Crippen molar-refractivity contribution in [1.82, 2.24) is 19.2 Å². The summed E-state index contributed by atoms with van der Waals surface area (Å²) in [6.45, 7) is 2.83. The Balaban J connectivity index is 1.38. The highest BCUT2D eigenvalue weighted by Gasteiger charge is 2.30. The van der Waals surface area contributed by atoms with E-state index in [1.165, 1.54) is 25.0 Å². The van der Waals surface area contributed by atoms with Gasteiger partial charge in [0.15, 0.2) is 10.6 Å². The number of benzene rings is 1. The van der Waals surface area contributed by atoms with Crippen molar-refractivity contribution in [3.63, 3.8) is 0 Å². The lowest BCUT2D eigenvalue weighted by atomic mass is 10.1. The third-order valence-corrected chi connectivity index (χ3v) is 6.52. The number of nitrogens with zero attached hydrogens (tertiary/aromatic N) is 4. The number of aromatic nitrogens is 3. The minimum absolute atomic E-state index is 0.0641. The van der Waals surface area contributed by atoms with Crippen LogP contribution < -0.4 is 0 Å². The van der Waals surface area contributed by atoms with Crippen LogP contribution in [0.3, 0.4) is 0 Å². The van der Waals surface area contributed by atoms with E-state index in [4.69, 9.17) is 22.1 Å². The molecule has 1 aliphatic carbocycles. The Kier molecular flexibility index (Phi) is 4.88. The van der Waals surface area contributed by atoms with Gasteiger partial charge in [0.05, 0.1) is 24.3 Å². The average Bonchev–Trinajstić information content (AvgIpc) is 3.28. The lowest BCUT2D eigenvalue weighted by molar-refractivity contribution is -0.0419. The third-order valence-electron chi connectivity index (χ3n) is 5.25. The van der Waals surface area contributed by atoms with Crippen molar-refractivity contribution in [3.05, 3.63) is 57.9 Å². The molecule has 8 heteroatoms. The first-order valence-corrected chi connectivity index (χ1v) is 10.8. The zero-order chi connectivity index (χ0) is 19.1. The van der Waals surface area contributed by atoms with Gasteiger partial charge in [-0.1, -0.05) is 18.2 Å². The number of hydrogen-bond acceptors (Lipinski definition) is 5.